The molecule has 6 nitrogen and oxygen atoms in total. The highest BCUT2D eigenvalue weighted by molar-refractivity contribution is 5.90. The van der Waals surface area contributed by atoms with Gasteiger partial charge < -0.3 is 14.0 Å². The fourth-order valence-corrected chi connectivity index (χ4v) is 2.20. The van der Waals surface area contributed by atoms with Gasteiger partial charge in [0.1, 0.15) is 11.3 Å². The zero-order valence-electron chi connectivity index (χ0n) is 14.5. The highest BCUT2D eigenvalue weighted by Gasteiger charge is 2.16. The van der Waals surface area contributed by atoms with E-state index in [-0.39, 0.29) is 5.97 Å². The van der Waals surface area contributed by atoms with Crippen LogP contribution in [0.4, 0.5) is 10.5 Å². The Morgan fingerprint density at radius 3 is 2.25 bits per heavy atom. The van der Waals surface area contributed by atoms with Crippen molar-refractivity contribution >= 4 is 17.7 Å². The van der Waals surface area contributed by atoms with Gasteiger partial charge in [-0.3, -0.25) is 5.32 Å². The Balaban J connectivity index is 2.12. The molecule has 0 unspecified atom stereocenters. The quantitative estimate of drug-likeness (QED) is 0.869. The summed E-state index contributed by atoms with van der Waals surface area (Å²) in [5, 5.41) is 2.68. The number of nitrogens with zero attached hydrogens (tertiary/aromatic N) is 1. The second kappa shape index (κ2) is 6.78. The fraction of sp³-hybridized carbons (Fsp3) is 0.333. The van der Waals surface area contributed by atoms with Gasteiger partial charge in [0.05, 0.1) is 7.11 Å². The molecule has 1 aromatic heterocycles. The first-order chi connectivity index (χ1) is 11.2. The van der Waals surface area contributed by atoms with Crippen LogP contribution in [0.3, 0.4) is 0 Å². The number of aromatic nitrogens is 1. The standard InChI is InChI=1S/C18H22N2O4/c1-18(2,3)24-17(22)19-14-8-6-12(7-9-14)13-10-15(16(21)23-5)20(4)11-13/h6-11H,1-5H3,(H,19,22). The molecule has 0 spiro atoms. The van der Waals surface area contributed by atoms with Crippen LogP contribution < -0.4 is 5.32 Å². The van der Waals surface area contributed by atoms with Crippen molar-refractivity contribution in [2.24, 2.45) is 7.05 Å². The van der Waals surface area contributed by atoms with Gasteiger partial charge in [-0.2, -0.15) is 0 Å². The molecule has 0 aliphatic heterocycles. The van der Waals surface area contributed by atoms with Crippen molar-refractivity contribution in [3.05, 3.63) is 42.2 Å². The highest BCUT2D eigenvalue weighted by atomic mass is 16.6. The summed E-state index contributed by atoms with van der Waals surface area (Å²) in [4.78, 5) is 23.4. The molecule has 2 rings (SSSR count). The van der Waals surface area contributed by atoms with Crippen molar-refractivity contribution in [2.45, 2.75) is 26.4 Å². The van der Waals surface area contributed by atoms with E-state index in [0.29, 0.717) is 11.4 Å². The first-order valence-corrected chi connectivity index (χ1v) is 7.55. The molecular formula is C18H22N2O4. The number of carbonyl (C=O) groups is 2. The monoisotopic (exact) mass is 330 g/mol. The maximum Gasteiger partial charge on any atom is 0.412 e. The number of carbonyl (C=O) groups excluding carboxylic acids is 2. The third-order valence-corrected chi connectivity index (χ3v) is 3.26. The molecule has 128 valence electrons. The molecule has 0 aliphatic rings. The lowest BCUT2D eigenvalue weighted by molar-refractivity contribution is 0.0588. The predicted octanol–water partition coefficient (Wildman–Crippen LogP) is 3.83. The van der Waals surface area contributed by atoms with Gasteiger partial charge >= 0.3 is 12.1 Å². The summed E-state index contributed by atoms with van der Waals surface area (Å²) in [6.07, 6.45) is 1.35. The number of esters is 1. The molecule has 0 fully saturated rings. The first-order valence-electron chi connectivity index (χ1n) is 7.55. The number of ether oxygens (including phenoxy) is 2. The largest absolute Gasteiger partial charge is 0.464 e. The maximum absolute atomic E-state index is 11.8. The second-order valence-electron chi connectivity index (χ2n) is 6.42. The van der Waals surface area contributed by atoms with Crippen LogP contribution in [-0.4, -0.2) is 29.3 Å². The van der Waals surface area contributed by atoms with Crippen LogP contribution in [-0.2, 0) is 16.5 Å². The van der Waals surface area contributed by atoms with Crippen LogP contribution in [0, 0.1) is 0 Å². The van der Waals surface area contributed by atoms with E-state index in [0.717, 1.165) is 11.1 Å². The summed E-state index contributed by atoms with van der Waals surface area (Å²) in [5.74, 6) is -0.382. The molecule has 2 aromatic rings. The molecule has 1 N–H and O–H groups in total. The number of anilines is 1. The van der Waals surface area contributed by atoms with Crippen LogP contribution in [0.5, 0.6) is 0 Å². The highest BCUT2D eigenvalue weighted by Crippen LogP contribution is 2.24. The lowest BCUT2D eigenvalue weighted by Gasteiger charge is -2.19. The van der Waals surface area contributed by atoms with E-state index < -0.39 is 11.7 Å². The molecular weight excluding hydrogens is 308 g/mol. The molecule has 0 saturated heterocycles. The normalized spacial score (nSPS) is 11.0. The van der Waals surface area contributed by atoms with E-state index in [4.69, 9.17) is 9.47 Å². The minimum atomic E-state index is -0.543. The average molecular weight is 330 g/mol. The lowest BCUT2D eigenvalue weighted by Crippen LogP contribution is -2.27. The maximum atomic E-state index is 11.8. The number of rotatable bonds is 3. The average Bonchev–Trinajstić information content (AvgIpc) is 2.87. The van der Waals surface area contributed by atoms with Gasteiger partial charge in [0.25, 0.3) is 0 Å². The van der Waals surface area contributed by atoms with Gasteiger partial charge in [-0.25, -0.2) is 9.59 Å². The van der Waals surface area contributed by atoms with Crippen molar-refractivity contribution in [3.8, 4) is 11.1 Å². The fourth-order valence-electron chi connectivity index (χ4n) is 2.20. The summed E-state index contributed by atoms with van der Waals surface area (Å²) < 4.78 is 11.7. The SMILES string of the molecule is COC(=O)c1cc(-c2ccc(NC(=O)OC(C)(C)C)cc2)cn1C. The first kappa shape index (κ1) is 17.6. The Labute approximate surface area is 141 Å². The third-order valence-electron chi connectivity index (χ3n) is 3.26. The Morgan fingerprint density at radius 1 is 1.08 bits per heavy atom. The number of hydrogen-bond donors (Lipinski definition) is 1. The van der Waals surface area contributed by atoms with Crippen LogP contribution >= 0.6 is 0 Å². The zero-order chi connectivity index (χ0) is 17.9. The summed E-state index contributed by atoms with van der Waals surface area (Å²) in [6, 6.07) is 9.06. The van der Waals surface area contributed by atoms with Crippen molar-refractivity contribution in [1.29, 1.82) is 0 Å². The third kappa shape index (κ3) is 4.38. The predicted molar refractivity (Wildman–Crippen MR) is 92.0 cm³/mol. The topological polar surface area (TPSA) is 69.6 Å². The van der Waals surface area contributed by atoms with E-state index in [2.05, 4.69) is 5.32 Å². The number of benzene rings is 1. The van der Waals surface area contributed by atoms with Crippen LogP contribution in [0.15, 0.2) is 36.5 Å². The van der Waals surface area contributed by atoms with Crippen LogP contribution in [0.2, 0.25) is 0 Å². The summed E-state index contributed by atoms with van der Waals surface area (Å²) in [5.41, 5.74) is 2.39. The number of hydrogen-bond acceptors (Lipinski definition) is 4. The van der Waals surface area contributed by atoms with Gasteiger partial charge in [-0.05, 0) is 44.5 Å². The van der Waals surface area contributed by atoms with Crippen molar-refractivity contribution in [3.63, 3.8) is 0 Å². The minimum absolute atomic E-state index is 0.382. The number of amides is 1. The second-order valence-corrected chi connectivity index (χ2v) is 6.42. The molecule has 1 heterocycles. The van der Waals surface area contributed by atoms with E-state index in [1.165, 1.54) is 7.11 Å². The van der Waals surface area contributed by atoms with Crippen molar-refractivity contribution in [2.75, 3.05) is 12.4 Å². The molecule has 6 heteroatoms. The van der Waals surface area contributed by atoms with Crippen LogP contribution in [0.1, 0.15) is 31.3 Å². The van der Waals surface area contributed by atoms with Gasteiger partial charge in [0.15, 0.2) is 0 Å². The number of methoxy groups -OCH3 is 1. The molecule has 24 heavy (non-hydrogen) atoms. The molecule has 1 aromatic carbocycles. The molecule has 1 amide bonds. The summed E-state index contributed by atoms with van der Waals surface area (Å²) in [6.45, 7) is 5.43. The number of nitrogens with one attached hydrogen (secondary N) is 1. The minimum Gasteiger partial charge on any atom is -0.464 e. The zero-order valence-corrected chi connectivity index (χ0v) is 14.5. The van der Waals surface area contributed by atoms with E-state index in [9.17, 15) is 9.59 Å². The van der Waals surface area contributed by atoms with Gasteiger partial charge in [-0.15, -0.1) is 0 Å². The van der Waals surface area contributed by atoms with Gasteiger partial charge in [0, 0.05) is 24.5 Å². The molecule has 0 saturated carbocycles. The lowest BCUT2D eigenvalue weighted by atomic mass is 10.1. The molecule has 0 aliphatic carbocycles. The Morgan fingerprint density at radius 2 is 1.71 bits per heavy atom. The van der Waals surface area contributed by atoms with Crippen LogP contribution in [0.25, 0.3) is 11.1 Å². The van der Waals surface area contributed by atoms with E-state index in [1.54, 1.807) is 29.8 Å². The number of aryl methyl sites for hydroxylation is 1. The molecule has 0 atom stereocenters. The smallest absolute Gasteiger partial charge is 0.412 e. The van der Waals surface area contributed by atoms with E-state index in [1.807, 2.05) is 39.1 Å². The van der Waals surface area contributed by atoms with Gasteiger partial charge in [-0.1, -0.05) is 12.1 Å². The Bertz CT molecular complexity index is 739. The van der Waals surface area contributed by atoms with Crippen molar-refractivity contribution < 1.29 is 19.1 Å². The van der Waals surface area contributed by atoms with Crippen molar-refractivity contribution in [1.82, 2.24) is 4.57 Å². The summed E-state index contributed by atoms with van der Waals surface area (Å²) in [7, 11) is 3.14. The Hall–Kier alpha value is -2.76. The Kier molecular flexibility index (Phi) is 4.97. The summed E-state index contributed by atoms with van der Waals surface area (Å²) >= 11 is 0. The van der Waals surface area contributed by atoms with E-state index >= 15 is 0 Å². The van der Waals surface area contributed by atoms with Gasteiger partial charge in [0.2, 0.25) is 0 Å². The molecule has 0 radical (unpaired) electrons. The molecule has 0 bridgehead atoms.